The average molecular weight is 300 g/mol. The quantitative estimate of drug-likeness (QED) is 0.688. The van der Waals surface area contributed by atoms with Crippen LogP contribution in [-0.4, -0.2) is 16.3 Å². The Bertz CT molecular complexity index is 410. The van der Waals surface area contributed by atoms with Crippen molar-refractivity contribution in [1.82, 2.24) is 15.1 Å². The molecule has 4 heteroatoms. The predicted molar refractivity (Wildman–Crippen MR) is 87.2 cm³/mol. The third kappa shape index (κ3) is 5.10. The molecule has 0 aromatic carbocycles. The molecule has 0 fully saturated rings. The van der Waals surface area contributed by atoms with E-state index in [1.54, 1.807) is 0 Å². The van der Waals surface area contributed by atoms with E-state index in [1.807, 2.05) is 11.7 Å². The molecule has 0 aliphatic heterocycles. The second-order valence-electron chi connectivity index (χ2n) is 6.41. The first-order valence-electron chi connectivity index (χ1n) is 7.82. The van der Waals surface area contributed by atoms with E-state index >= 15 is 0 Å². The fourth-order valence-electron chi connectivity index (χ4n) is 2.47. The normalized spacial score (nSPS) is 12.1. The van der Waals surface area contributed by atoms with Gasteiger partial charge in [0.15, 0.2) is 0 Å². The molecule has 0 aliphatic carbocycles. The van der Waals surface area contributed by atoms with E-state index < -0.39 is 0 Å². The maximum atomic E-state index is 6.36. The third-order valence-electron chi connectivity index (χ3n) is 3.86. The molecule has 3 nitrogen and oxygen atoms in total. The first-order valence-corrected chi connectivity index (χ1v) is 8.20. The van der Waals surface area contributed by atoms with E-state index in [9.17, 15) is 0 Å². The Morgan fingerprint density at radius 3 is 2.50 bits per heavy atom. The van der Waals surface area contributed by atoms with Gasteiger partial charge in [0.2, 0.25) is 0 Å². The van der Waals surface area contributed by atoms with Crippen LogP contribution in [0.5, 0.6) is 0 Å². The van der Waals surface area contributed by atoms with Crippen LogP contribution in [0.3, 0.4) is 0 Å². The number of rotatable bonds is 9. The summed E-state index contributed by atoms with van der Waals surface area (Å²) in [7, 11) is 1.97. The summed E-state index contributed by atoms with van der Waals surface area (Å²) in [5, 5.41) is 8.82. The van der Waals surface area contributed by atoms with Crippen LogP contribution in [0, 0.1) is 5.41 Å². The number of hydrogen-bond acceptors (Lipinski definition) is 2. The highest BCUT2D eigenvalue weighted by Crippen LogP contribution is 2.24. The lowest BCUT2D eigenvalue weighted by molar-refractivity contribution is 0.300. The van der Waals surface area contributed by atoms with Crippen molar-refractivity contribution in [1.29, 1.82) is 0 Å². The van der Waals surface area contributed by atoms with Crippen molar-refractivity contribution in [3.63, 3.8) is 0 Å². The molecule has 0 radical (unpaired) electrons. The van der Waals surface area contributed by atoms with Crippen molar-refractivity contribution in [2.24, 2.45) is 12.5 Å². The summed E-state index contributed by atoms with van der Waals surface area (Å²) < 4.78 is 1.90. The molecule has 20 heavy (non-hydrogen) atoms. The molecule has 1 heterocycles. The maximum absolute atomic E-state index is 6.36. The fraction of sp³-hybridized carbons (Fsp3) is 0.812. The Balaban J connectivity index is 2.46. The zero-order valence-corrected chi connectivity index (χ0v) is 14.5. The van der Waals surface area contributed by atoms with Gasteiger partial charge in [0.1, 0.15) is 0 Å². The fourth-order valence-corrected chi connectivity index (χ4v) is 2.83. The molecule has 0 atom stereocenters. The minimum Gasteiger partial charge on any atom is -0.311 e. The summed E-state index contributed by atoms with van der Waals surface area (Å²) in [6.45, 7) is 10.8. The number of unbranched alkanes of at least 4 members (excludes halogenated alkanes) is 2. The molecule has 0 spiro atoms. The van der Waals surface area contributed by atoms with Crippen LogP contribution in [-0.2, 0) is 20.0 Å². The maximum Gasteiger partial charge on any atom is 0.0863 e. The molecule has 1 aromatic heterocycles. The van der Waals surface area contributed by atoms with Crippen LogP contribution in [0.1, 0.15) is 64.8 Å². The summed E-state index contributed by atoms with van der Waals surface area (Å²) in [5.74, 6) is 0. The van der Waals surface area contributed by atoms with Crippen LogP contribution >= 0.6 is 11.6 Å². The molecule has 0 unspecified atom stereocenters. The zero-order chi connectivity index (χ0) is 15.2. The van der Waals surface area contributed by atoms with Gasteiger partial charge in [0, 0.05) is 20.1 Å². The highest BCUT2D eigenvalue weighted by atomic mass is 35.5. The van der Waals surface area contributed by atoms with Gasteiger partial charge in [-0.05, 0) is 18.3 Å². The molecule has 0 amide bonds. The summed E-state index contributed by atoms with van der Waals surface area (Å²) in [6.07, 6.45) is 6.09. The second-order valence-corrected chi connectivity index (χ2v) is 6.79. The topological polar surface area (TPSA) is 29.9 Å². The molecule has 116 valence electrons. The minimum atomic E-state index is 0.341. The van der Waals surface area contributed by atoms with E-state index in [1.165, 1.54) is 25.7 Å². The van der Waals surface area contributed by atoms with Crippen LogP contribution < -0.4 is 5.32 Å². The van der Waals surface area contributed by atoms with E-state index in [2.05, 4.69) is 38.1 Å². The number of nitrogens with zero attached hydrogens (tertiary/aromatic N) is 2. The molecule has 0 bridgehead atoms. The van der Waals surface area contributed by atoms with Crippen molar-refractivity contribution >= 4 is 11.6 Å². The predicted octanol–water partition coefficient (Wildman–Crippen LogP) is 4.33. The first-order chi connectivity index (χ1) is 9.41. The summed E-state index contributed by atoms with van der Waals surface area (Å²) in [4.78, 5) is 0. The van der Waals surface area contributed by atoms with Crippen LogP contribution in [0.2, 0.25) is 5.02 Å². The third-order valence-corrected chi connectivity index (χ3v) is 4.29. The van der Waals surface area contributed by atoms with Crippen molar-refractivity contribution in [3.05, 3.63) is 16.4 Å². The minimum absolute atomic E-state index is 0.341. The van der Waals surface area contributed by atoms with Gasteiger partial charge < -0.3 is 5.32 Å². The Morgan fingerprint density at radius 1 is 1.25 bits per heavy atom. The second kappa shape index (κ2) is 8.04. The number of hydrogen-bond donors (Lipinski definition) is 1. The first kappa shape index (κ1) is 17.5. The van der Waals surface area contributed by atoms with Crippen LogP contribution in [0.15, 0.2) is 0 Å². The van der Waals surface area contributed by atoms with E-state index in [0.717, 1.165) is 35.9 Å². The van der Waals surface area contributed by atoms with Gasteiger partial charge >= 0.3 is 0 Å². The molecular formula is C16H30ClN3. The number of aromatic nitrogens is 2. The van der Waals surface area contributed by atoms with Crippen molar-refractivity contribution < 1.29 is 0 Å². The van der Waals surface area contributed by atoms with Crippen molar-refractivity contribution in [3.8, 4) is 0 Å². The van der Waals surface area contributed by atoms with Gasteiger partial charge in [0.25, 0.3) is 0 Å². The van der Waals surface area contributed by atoms with Crippen LogP contribution in [0.25, 0.3) is 0 Å². The van der Waals surface area contributed by atoms with Gasteiger partial charge in [-0.1, -0.05) is 58.6 Å². The van der Waals surface area contributed by atoms with Crippen LogP contribution in [0.4, 0.5) is 0 Å². The van der Waals surface area contributed by atoms with E-state index in [-0.39, 0.29) is 0 Å². The van der Waals surface area contributed by atoms with Gasteiger partial charge in [-0.15, -0.1) is 0 Å². The highest BCUT2D eigenvalue weighted by Gasteiger charge is 2.18. The number of aryl methyl sites for hydroxylation is 2. The van der Waals surface area contributed by atoms with E-state index in [0.29, 0.717) is 5.41 Å². The summed E-state index contributed by atoms with van der Waals surface area (Å²) in [6, 6.07) is 0. The van der Waals surface area contributed by atoms with Gasteiger partial charge in [-0.3, -0.25) is 4.68 Å². The lowest BCUT2D eigenvalue weighted by atomic mass is 9.87. The molecular weight excluding hydrogens is 270 g/mol. The van der Waals surface area contributed by atoms with Gasteiger partial charge in [-0.2, -0.15) is 5.10 Å². The number of nitrogens with one attached hydrogen (secondary N) is 1. The Labute approximate surface area is 129 Å². The lowest BCUT2D eigenvalue weighted by Gasteiger charge is -2.25. The molecule has 0 saturated carbocycles. The van der Waals surface area contributed by atoms with Crippen molar-refractivity contribution in [2.75, 3.05) is 6.54 Å². The molecule has 1 rings (SSSR count). The monoisotopic (exact) mass is 299 g/mol. The van der Waals surface area contributed by atoms with Gasteiger partial charge in [0.05, 0.1) is 16.4 Å². The molecule has 0 saturated heterocycles. The SMILES string of the molecule is CCCCCC(C)(C)CNCc1c(Cl)c(CC)nn1C. The summed E-state index contributed by atoms with van der Waals surface area (Å²) in [5.41, 5.74) is 2.43. The molecule has 0 aliphatic rings. The highest BCUT2D eigenvalue weighted by molar-refractivity contribution is 6.31. The Kier molecular flexibility index (Phi) is 7.04. The number of halogens is 1. The molecule has 1 aromatic rings. The summed E-state index contributed by atoms with van der Waals surface area (Å²) >= 11 is 6.36. The average Bonchev–Trinajstić information content (AvgIpc) is 2.66. The van der Waals surface area contributed by atoms with E-state index in [4.69, 9.17) is 11.6 Å². The zero-order valence-electron chi connectivity index (χ0n) is 13.7. The molecule has 1 N–H and O–H groups in total. The Hall–Kier alpha value is -0.540. The smallest absolute Gasteiger partial charge is 0.0863 e. The Morgan fingerprint density at radius 2 is 1.95 bits per heavy atom. The van der Waals surface area contributed by atoms with Crippen molar-refractivity contribution in [2.45, 2.75) is 66.3 Å². The largest absolute Gasteiger partial charge is 0.311 e. The lowest BCUT2D eigenvalue weighted by Crippen LogP contribution is -2.29. The standard InChI is InChI=1S/C16H30ClN3/c1-6-8-9-10-16(3,4)12-18-11-14-15(17)13(7-2)19-20(14)5/h18H,6-12H2,1-5H3. The van der Waals surface area contributed by atoms with Gasteiger partial charge in [-0.25, -0.2) is 0 Å².